The standard InChI is InChI=1S/C22H21N7O/c1-12-3-4-15-10-17(6-8-18(15)25-12)26-21(30)20-11-16-9-14(5-7-19(16)27-20)13(2)28-29-22(23)24/h3-11,27H,1-2H3,(H,26,30)(H4,23,24,29)/b28-13+. The molecule has 8 nitrogen and oxygen atoms in total. The van der Waals surface area contributed by atoms with Gasteiger partial charge in [-0.3, -0.25) is 15.2 Å². The number of amides is 1. The predicted molar refractivity (Wildman–Crippen MR) is 120 cm³/mol. The number of hydrazone groups is 1. The molecular weight excluding hydrogens is 378 g/mol. The maximum atomic E-state index is 12.7. The molecule has 0 aliphatic rings. The third-order valence-corrected chi connectivity index (χ3v) is 4.71. The number of nitrogens with two attached hydrogens (primary N) is 1. The molecule has 0 fully saturated rings. The monoisotopic (exact) mass is 399 g/mol. The van der Waals surface area contributed by atoms with E-state index in [4.69, 9.17) is 11.1 Å². The van der Waals surface area contributed by atoms with E-state index in [1.807, 2.05) is 62.4 Å². The SMILES string of the molecule is C/C(=N\NC(=N)N)c1ccc2[nH]c(C(=O)Nc3ccc4nc(C)ccc4c3)cc2c1. The van der Waals surface area contributed by atoms with Gasteiger partial charge in [0.05, 0.1) is 11.2 Å². The lowest BCUT2D eigenvalue weighted by molar-refractivity contribution is 0.102. The highest BCUT2D eigenvalue weighted by atomic mass is 16.1. The van der Waals surface area contributed by atoms with E-state index < -0.39 is 0 Å². The highest BCUT2D eigenvalue weighted by molar-refractivity contribution is 6.08. The molecule has 8 heteroatoms. The summed E-state index contributed by atoms with van der Waals surface area (Å²) in [5.74, 6) is -0.452. The first-order valence-electron chi connectivity index (χ1n) is 9.35. The molecule has 0 aliphatic carbocycles. The zero-order valence-corrected chi connectivity index (χ0v) is 16.6. The number of fused-ring (bicyclic) bond motifs is 2. The molecule has 0 saturated carbocycles. The van der Waals surface area contributed by atoms with Crippen molar-refractivity contribution in [1.82, 2.24) is 15.4 Å². The molecule has 4 aromatic rings. The summed E-state index contributed by atoms with van der Waals surface area (Å²) in [5.41, 5.74) is 13.1. The van der Waals surface area contributed by atoms with Crippen molar-refractivity contribution in [1.29, 1.82) is 5.41 Å². The van der Waals surface area contributed by atoms with Crippen molar-refractivity contribution in [3.63, 3.8) is 0 Å². The van der Waals surface area contributed by atoms with Crippen LogP contribution in [0.15, 0.2) is 59.7 Å². The van der Waals surface area contributed by atoms with Crippen LogP contribution in [-0.2, 0) is 0 Å². The van der Waals surface area contributed by atoms with Crippen LogP contribution in [0, 0.1) is 12.3 Å². The molecule has 0 unspecified atom stereocenters. The lowest BCUT2D eigenvalue weighted by Gasteiger charge is -2.05. The number of anilines is 1. The number of H-pyrrole nitrogens is 1. The Kier molecular flexibility index (Phi) is 4.89. The van der Waals surface area contributed by atoms with Crippen LogP contribution in [0.5, 0.6) is 0 Å². The van der Waals surface area contributed by atoms with E-state index in [0.29, 0.717) is 17.1 Å². The van der Waals surface area contributed by atoms with E-state index in [0.717, 1.165) is 33.1 Å². The van der Waals surface area contributed by atoms with Gasteiger partial charge in [0.15, 0.2) is 0 Å². The van der Waals surface area contributed by atoms with E-state index in [1.54, 1.807) is 6.07 Å². The number of benzene rings is 2. The normalized spacial score (nSPS) is 11.6. The number of rotatable bonds is 4. The second-order valence-electron chi connectivity index (χ2n) is 7.02. The number of pyridine rings is 1. The average Bonchev–Trinajstić information content (AvgIpc) is 3.15. The molecule has 30 heavy (non-hydrogen) atoms. The number of aromatic nitrogens is 2. The van der Waals surface area contributed by atoms with Crippen LogP contribution in [0.4, 0.5) is 5.69 Å². The Labute approximate surface area is 172 Å². The van der Waals surface area contributed by atoms with Gasteiger partial charge in [0, 0.05) is 27.7 Å². The molecule has 0 spiro atoms. The molecule has 4 rings (SSSR count). The summed E-state index contributed by atoms with van der Waals surface area (Å²) in [4.78, 5) is 20.4. The minimum Gasteiger partial charge on any atom is -0.369 e. The van der Waals surface area contributed by atoms with Gasteiger partial charge in [0.25, 0.3) is 5.91 Å². The fourth-order valence-electron chi connectivity index (χ4n) is 3.19. The third kappa shape index (κ3) is 3.97. The van der Waals surface area contributed by atoms with Gasteiger partial charge < -0.3 is 16.0 Å². The Morgan fingerprint density at radius 3 is 2.73 bits per heavy atom. The maximum absolute atomic E-state index is 12.7. The number of nitrogens with one attached hydrogen (secondary N) is 4. The van der Waals surface area contributed by atoms with Crippen LogP contribution in [0.25, 0.3) is 21.8 Å². The number of hydrogen-bond acceptors (Lipinski definition) is 4. The average molecular weight is 399 g/mol. The van der Waals surface area contributed by atoms with Crippen LogP contribution in [0.1, 0.15) is 28.7 Å². The van der Waals surface area contributed by atoms with Crippen molar-refractivity contribution in [2.24, 2.45) is 10.8 Å². The first-order chi connectivity index (χ1) is 14.4. The van der Waals surface area contributed by atoms with Crippen molar-refractivity contribution in [2.45, 2.75) is 13.8 Å². The lowest BCUT2D eigenvalue weighted by atomic mass is 10.1. The zero-order valence-electron chi connectivity index (χ0n) is 16.6. The minimum atomic E-state index is -0.226. The highest BCUT2D eigenvalue weighted by Gasteiger charge is 2.11. The maximum Gasteiger partial charge on any atom is 0.272 e. The summed E-state index contributed by atoms with van der Waals surface area (Å²) in [5, 5.41) is 16.0. The second kappa shape index (κ2) is 7.67. The molecule has 0 radical (unpaired) electrons. The number of hydrogen-bond donors (Lipinski definition) is 5. The molecule has 2 heterocycles. The summed E-state index contributed by atoms with van der Waals surface area (Å²) in [6.07, 6.45) is 0. The first-order valence-corrected chi connectivity index (χ1v) is 9.35. The Hall–Kier alpha value is -4.20. The largest absolute Gasteiger partial charge is 0.369 e. The van der Waals surface area contributed by atoms with E-state index >= 15 is 0 Å². The molecule has 1 amide bonds. The number of guanidine groups is 1. The van der Waals surface area contributed by atoms with Gasteiger partial charge in [-0.2, -0.15) is 5.10 Å². The van der Waals surface area contributed by atoms with Gasteiger partial charge in [-0.05, 0) is 61.9 Å². The predicted octanol–water partition coefficient (Wildman–Crippen LogP) is 3.48. The highest BCUT2D eigenvalue weighted by Crippen LogP contribution is 2.21. The molecular formula is C22H21N7O. The van der Waals surface area contributed by atoms with Gasteiger partial charge in [-0.1, -0.05) is 12.1 Å². The summed E-state index contributed by atoms with van der Waals surface area (Å²) in [7, 11) is 0. The number of carbonyl (C=O) groups excluding carboxylic acids is 1. The zero-order chi connectivity index (χ0) is 21.3. The van der Waals surface area contributed by atoms with Crippen molar-refractivity contribution >= 4 is 45.1 Å². The van der Waals surface area contributed by atoms with Crippen LogP contribution in [0.3, 0.4) is 0 Å². The van der Waals surface area contributed by atoms with Crippen LogP contribution in [0.2, 0.25) is 0 Å². The van der Waals surface area contributed by atoms with E-state index in [1.165, 1.54) is 0 Å². The van der Waals surface area contributed by atoms with Crippen LogP contribution in [-0.4, -0.2) is 27.5 Å². The molecule has 6 N–H and O–H groups in total. The van der Waals surface area contributed by atoms with Gasteiger partial charge in [-0.15, -0.1) is 0 Å². The van der Waals surface area contributed by atoms with Gasteiger partial charge >= 0.3 is 0 Å². The Morgan fingerprint density at radius 1 is 1.10 bits per heavy atom. The van der Waals surface area contributed by atoms with E-state index in [2.05, 4.69) is 25.8 Å². The van der Waals surface area contributed by atoms with Crippen LogP contribution < -0.4 is 16.5 Å². The van der Waals surface area contributed by atoms with Crippen molar-refractivity contribution in [2.75, 3.05) is 5.32 Å². The molecule has 0 saturated heterocycles. The fourth-order valence-corrected chi connectivity index (χ4v) is 3.19. The third-order valence-electron chi connectivity index (χ3n) is 4.71. The molecule has 0 bridgehead atoms. The molecule has 0 atom stereocenters. The molecule has 2 aromatic carbocycles. The van der Waals surface area contributed by atoms with Crippen molar-refractivity contribution < 1.29 is 4.79 Å². The number of aromatic amines is 1. The Bertz CT molecular complexity index is 1320. The van der Waals surface area contributed by atoms with Gasteiger partial charge in [-0.25, -0.2) is 5.43 Å². The number of nitrogens with zero attached hydrogens (tertiary/aromatic N) is 2. The van der Waals surface area contributed by atoms with Crippen molar-refractivity contribution in [3.8, 4) is 0 Å². The lowest BCUT2D eigenvalue weighted by Crippen LogP contribution is -2.26. The van der Waals surface area contributed by atoms with Crippen LogP contribution >= 0.6 is 0 Å². The topological polar surface area (TPSA) is 132 Å². The quantitative estimate of drug-likeness (QED) is 0.204. The first kappa shape index (κ1) is 19.1. The molecule has 0 aliphatic heterocycles. The molecule has 150 valence electrons. The van der Waals surface area contributed by atoms with Crippen molar-refractivity contribution in [3.05, 3.63) is 71.5 Å². The summed E-state index contributed by atoms with van der Waals surface area (Å²) >= 11 is 0. The summed E-state index contributed by atoms with van der Waals surface area (Å²) in [6, 6.07) is 17.1. The number of carbonyl (C=O) groups is 1. The smallest absolute Gasteiger partial charge is 0.272 e. The van der Waals surface area contributed by atoms with Gasteiger partial charge in [0.1, 0.15) is 5.69 Å². The second-order valence-corrected chi connectivity index (χ2v) is 7.02. The fraction of sp³-hybridized carbons (Fsp3) is 0.0909. The molecule has 2 aromatic heterocycles. The van der Waals surface area contributed by atoms with Gasteiger partial charge in [0.2, 0.25) is 5.96 Å². The Morgan fingerprint density at radius 2 is 1.93 bits per heavy atom. The Balaban J connectivity index is 1.57. The van der Waals surface area contributed by atoms with E-state index in [-0.39, 0.29) is 11.9 Å². The minimum absolute atomic E-state index is 0.226. The number of aryl methyl sites for hydroxylation is 1. The summed E-state index contributed by atoms with van der Waals surface area (Å²) in [6.45, 7) is 3.76. The van der Waals surface area contributed by atoms with E-state index in [9.17, 15) is 4.79 Å². The summed E-state index contributed by atoms with van der Waals surface area (Å²) < 4.78 is 0.